The van der Waals surface area contributed by atoms with Gasteiger partial charge in [-0.05, 0) is 24.6 Å². The van der Waals surface area contributed by atoms with Gasteiger partial charge in [0.05, 0.1) is 19.2 Å². The Morgan fingerprint density at radius 3 is 2.62 bits per heavy atom. The van der Waals surface area contributed by atoms with Gasteiger partial charge in [-0.2, -0.15) is 0 Å². The van der Waals surface area contributed by atoms with Crippen molar-refractivity contribution < 1.29 is 18.7 Å². The van der Waals surface area contributed by atoms with Crippen molar-refractivity contribution in [2.75, 3.05) is 6.61 Å². The number of benzene rings is 1. The first kappa shape index (κ1) is 14.8. The zero-order valence-corrected chi connectivity index (χ0v) is 11.8. The average molecular weight is 287 g/mol. The van der Waals surface area contributed by atoms with Gasteiger partial charge in [0.25, 0.3) is 5.91 Å². The molecule has 0 aliphatic rings. The van der Waals surface area contributed by atoms with Crippen molar-refractivity contribution in [3.05, 3.63) is 59.5 Å². The molecule has 1 amide bonds. The molecule has 0 saturated carbocycles. The number of rotatable bonds is 6. The van der Waals surface area contributed by atoms with E-state index >= 15 is 0 Å². The summed E-state index contributed by atoms with van der Waals surface area (Å²) in [7, 11) is 0. The van der Waals surface area contributed by atoms with Crippen molar-refractivity contribution in [3.63, 3.8) is 0 Å². The third-order valence-corrected chi connectivity index (χ3v) is 2.87. The van der Waals surface area contributed by atoms with Crippen LogP contribution in [-0.4, -0.2) is 18.5 Å². The van der Waals surface area contributed by atoms with E-state index < -0.39 is 5.97 Å². The van der Waals surface area contributed by atoms with Gasteiger partial charge in [-0.3, -0.25) is 9.59 Å². The van der Waals surface area contributed by atoms with E-state index in [2.05, 4.69) is 5.32 Å². The van der Waals surface area contributed by atoms with Crippen LogP contribution in [0.2, 0.25) is 0 Å². The molecule has 1 N–H and O–H groups in total. The van der Waals surface area contributed by atoms with Crippen molar-refractivity contribution in [2.45, 2.75) is 19.9 Å². The quantitative estimate of drug-likeness (QED) is 0.825. The van der Waals surface area contributed by atoms with Crippen LogP contribution in [0.15, 0.2) is 47.1 Å². The number of carbonyl (C=O) groups excluding carboxylic acids is 2. The predicted molar refractivity (Wildman–Crippen MR) is 76.4 cm³/mol. The summed E-state index contributed by atoms with van der Waals surface area (Å²) in [5.74, 6) is -0.134. The summed E-state index contributed by atoms with van der Waals surface area (Å²) in [5, 5.41) is 2.60. The number of furan rings is 1. The van der Waals surface area contributed by atoms with Gasteiger partial charge in [0.15, 0.2) is 6.61 Å². The molecule has 0 fully saturated rings. The number of nitrogens with one attached hydrogen (secondary N) is 1. The van der Waals surface area contributed by atoms with Crippen molar-refractivity contribution >= 4 is 11.9 Å². The molecule has 0 spiro atoms. The van der Waals surface area contributed by atoms with Crippen LogP contribution in [0.5, 0.6) is 0 Å². The first-order chi connectivity index (χ1) is 10.1. The second-order valence-electron chi connectivity index (χ2n) is 4.68. The zero-order valence-electron chi connectivity index (χ0n) is 11.8. The molecule has 0 atom stereocenters. The molecule has 1 heterocycles. The fourth-order valence-corrected chi connectivity index (χ4v) is 1.72. The third-order valence-electron chi connectivity index (χ3n) is 2.87. The molecule has 2 rings (SSSR count). The molecule has 0 radical (unpaired) electrons. The number of ether oxygens (including phenoxy) is 1. The fourth-order valence-electron chi connectivity index (χ4n) is 1.72. The number of esters is 1. The Bertz CT molecular complexity index is 587. The Morgan fingerprint density at radius 1 is 1.19 bits per heavy atom. The number of hydrogen-bond donors (Lipinski definition) is 1. The normalized spacial score (nSPS) is 10.1. The van der Waals surface area contributed by atoms with E-state index in [0.717, 1.165) is 11.1 Å². The molecular formula is C16H17NO4. The molecule has 0 bridgehead atoms. The molecular weight excluding hydrogens is 270 g/mol. The van der Waals surface area contributed by atoms with Gasteiger partial charge in [-0.1, -0.05) is 29.8 Å². The number of amides is 1. The third kappa shape index (κ3) is 5.14. The van der Waals surface area contributed by atoms with E-state index in [4.69, 9.17) is 9.15 Å². The summed E-state index contributed by atoms with van der Waals surface area (Å²) in [6.07, 6.45) is 1.69. The molecule has 0 aliphatic carbocycles. The first-order valence-electron chi connectivity index (χ1n) is 6.64. The van der Waals surface area contributed by atoms with E-state index in [1.807, 2.05) is 31.2 Å². The maximum absolute atomic E-state index is 11.6. The van der Waals surface area contributed by atoms with Gasteiger partial charge in [-0.25, -0.2) is 0 Å². The van der Waals surface area contributed by atoms with Gasteiger partial charge in [0, 0.05) is 0 Å². The largest absolute Gasteiger partial charge is 0.467 e. The summed E-state index contributed by atoms with van der Waals surface area (Å²) in [5.41, 5.74) is 1.99. The Balaban J connectivity index is 1.68. The SMILES string of the molecule is Cc1ccc(CC(=O)OCC(=O)NCc2ccco2)cc1. The lowest BCUT2D eigenvalue weighted by molar-refractivity contribution is -0.147. The van der Waals surface area contributed by atoms with Crippen LogP contribution < -0.4 is 5.32 Å². The molecule has 5 nitrogen and oxygen atoms in total. The van der Waals surface area contributed by atoms with Crippen molar-refractivity contribution in [2.24, 2.45) is 0 Å². The van der Waals surface area contributed by atoms with Crippen LogP contribution in [0, 0.1) is 6.92 Å². The van der Waals surface area contributed by atoms with Crippen LogP contribution in [-0.2, 0) is 27.3 Å². The molecule has 110 valence electrons. The lowest BCUT2D eigenvalue weighted by atomic mass is 10.1. The zero-order chi connectivity index (χ0) is 15.1. The molecule has 0 aliphatic heterocycles. The highest BCUT2D eigenvalue weighted by molar-refractivity contribution is 5.81. The lowest BCUT2D eigenvalue weighted by Crippen LogP contribution is -2.28. The second-order valence-corrected chi connectivity index (χ2v) is 4.68. The Labute approximate surface area is 122 Å². The van der Waals surface area contributed by atoms with Gasteiger partial charge in [0.2, 0.25) is 0 Å². The standard InChI is InChI=1S/C16H17NO4/c1-12-4-6-13(7-5-12)9-16(19)21-11-15(18)17-10-14-3-2-8-20-14/h2-8H,9-11H2,1H3,(H,17,18). The van der Waals surface area contributed by atoms with Gasteiger partial charge < -0.3 is 14.5 Å². The molecule has 5 heteroatoms. The summed E-state index contributed by atoms with van der Waals surface area (Å²) in [6, 6.07) is 11.1. The van der Waals surface area contributed by atoms with Crippen LogP contribution >= 0.6 is 0 Å². The number of hydrogen-bond acceptors (Lipinski definition) is 4. The maximum Gasteiger partial charge on any atom is 0.310 e. The topological polar surface area (TPSA) is 68.5 Å². The Hall–Kier alpha value is -2.56. The molecule has 1 aromatic heterocycles. The number of carbonyl (C=O) groups is 2. The van der Waals surface area contributed by atoms with Gasteiger partial charge in [0.1, 0.15) is 5.76 Å². The fraction of sp³-hybridized carbons (Fsp3) is 0.250. The highest BCUT2D eigenvalue weighted by Gasteiger charge is 2.08. The summed E-state index contributed by atoms with van der Waals surface area (Å²) >= 11 is 0. The van der Waals surface area contributed by atoms with Gasteiger partial charge in [-0.15, -0.1) is 0 Å². The van der Waals surface area contributed by atoms with E-state index in [-0.39, 0.29) is 25.5 Å². The number of aryl methyl sites for hydroxylation is 1. The van der Waals surface area contributed by atoms with Crippen molar-refractivity contribution in [1.29, 1.82) is 0 Å². The summed E-state index contributed by atoms with van der Waals surface area (Å²) in [4.78, 5) is 23.1. The van der Waals surface area contributed by atoms with Crippen LogP contribution in [0.3, 0.4) is 0 Å². The second kappa shape index (κ2) is 7.28. The lowest BCUT2D eigenvalue weighted by Gasteiger charge is -2.06. The van der Waals surface area contributed by atoms with Crippen LogP contribution in [0.4, 0.5) is 0 Å². The van der Waals surface area contributed by atoms with E-state index in [1.54, 1.807) is 12.1 Å². The predicted octanol–water partition coefficient (Wildman–Crippen LogP) is 1.99. The van der Waals surface area contributed by atoms with Crippen LogP contribution in [0.1, 0.15) is 16.9 Å². The molecule has 2 aromatic rings. The molecule has 21 heavy (non-hydrogen) atoms. The molecule has 1 aromatic carbocycles. The Morgan fingerprint density at radius 2 is 1.95 bits per heavy atom. The maximum atomic E-state index is 11.6. The Kier molecular flexibility index (Phi) is 5.15. The summed E-state index contributed by atoms with van der Waals surface area (Å²) < 4.78 is 10.0. The van der Waals surface area contributed by atoms with Crippen molar-refractivity contribution in [1.82, 2.24) is 5.32 Å². The van der Waals surface area contributed by atoms with Crippen molar-refractivity contribution in [3.8, 4) is 0 Å². The molecule has 0 saturated heterocycles. The van der Waals surface area contributed by atoms with E-state index in [1.165, 1.54) is 6.26 Å². The highest BCUT2D eigenvalue weighted by atomic mass is 16.5. The summed E-state index contributed by atoms with van der Waals surface area (Å²) in [6.45, 7) is 1.97. The first-order valence-corrected chi connectivity index (χ1v) is 6.64. The van der Waals surface area contributed by atoms with E-state index in [9.17, 15) is 9.59 Å². The minimum atomic E-state index is -0.424. The van der Waals surface area contributed by atoms with Gasteiger partial charge >= 0.3 is 5.97 Å². The minimum absolute atomic E-state index is 0.158. The van der Waals surface area contributed by atoms with Crippen LogP contribution in [0.25, 0.3) is 0 Å². The highest BCUT2D eigenvalue weighted by Crippen LogP contribution is 2.04. The smallest absolute Gasteiger partial charge is 0.310 e. The van der Waals surface area contributed by atoms with E-state index in [0.29, 0.717) is 5.76 Å². The minimum Gasteiger partial charge on any atom is -0.467 e. The molecule has 0 unspecified atom stereocenters. The average Bonchev–Trinajstić information content (AvgIpc) is 2.99. The monoisotopic (exact) mass is 287 g/mol.